The van der Waals surface area contributed by atoms with E-state index in [0.717, 1.165) is 0 Å². The molecule has 0 aliphatic carbocycles. The number of benzene rings is 1. The minimum atomic E-state index is -1.09. The maximum Gasteiger partial charge on any atom is 0.195 e. The number of halogens is 3. The van der Waals surface area contributed by atoms with Gasteiger partial charge < -0.3 is 0 Å². The van der Waals surface area contributed by atoms with Crippen LogP contribution in [-0.2, 0) is 0 Å². The normalized spacial score (nSPS) is 10.5. The first-order valence-electron chi connectivity index (χ1n) is 3.61. The van der Waals surface area contributed by atoms with Crippen molar-refractivity contribution in [2.45, 2.75) is 11.8 Å². The number of Topliss-reactive ketones (excluding diaryl/α,β-unsaturated/α-hetero) is 1. The number of carbonyl (C=O) groups excluding carboxylic acids is 1. The van der Waals surface area contributed by atoms with E-state index in [1.165, 1.54) is 18.2 Å². The quantitative estimate of drug-likeness (QED) is 0.553. The Kier molecular flexibility index (Phi) is 3.28. The molecule has 0 heterocycles. The molecule has 0 spiro atoms. The minimum Gasteiger partial charge on any atom is -0.291 e. The number of aryl methyl sites for hydroxylation is 1. The number of alkyl halides is 2. The first-order valence-corrected chi connectivity index (χ1v) is 4.48. The summed E-state index contributed by atoms with van der Waals surface area (Å²) in [6.07, 6.45) is 0. The molecular weight excluding hydrogens is 214 g/mol. The average Bonchev–Trinajstić information content (AvgIpc) is 2.03. The Morgan fingerprint density at radius 3 is 2.54 bits per heavy atom. The molecule has 1 aromatic rings. The van der Waals surface area contributed by atoms with Gasteiger partial charge in [-0.3, -0.25) is 4.79 Å². The Bertz CT molecular complexity index is 336. The highest BCUT2D eigenvalue weighted by molar-refractivity contribution is 6.55. The summed E-state index contributed by atoms with van der Waals surface area (Å²) in [6.45, 7) is 1.63. The summed E-state index contributed by atoms with van der Waals surface area (Å²) in [5, 5.41) is 0. The van der Waals surface area contributed by atoms with E-state index < -0.39 is 10.6 Å². The highest BCUT2D eigenvalue weighted by atomic mass is 35.5. The monoisotopic (exact) mass is 220 g/mol. The molecule has 1 aromatic carbocycles. The van der Waals surface area contributed by atoms with Crippen LogP contribution in [0.4, 0.5) is 4.39 Å². The fourth-order valence-electron chi connectivity index (χ4n) is 1.02. The molecule has 0 atom stereocenters. The fraction of sp³-hybridized carbons (Fsp3) is 0.222. The van der Waals surface area contributed by atoms with Gasteiger partial charge in [0.2, 0.25) is 0 Å². The summed E-state index contributed by atoms with van der Waals surface area (Å²) in [4.78, 5) is 10.2. The van der Waals surface area contributed by atoms with Crippen molar-refractivity contribution in [3.63, 3.8) is 0 Å². The third-order valence-corrected chi connectivity index (χ3v) is 2.05. The summed E-state index contributed by atoms with van der Waals surface area (Å²) in [6, 6.07) is 3.85. The number of ketones is 1. The summed E-state index contributed by atoms with van der Waals surface area (Å²) >= 11 is 10.8. The smallest absolute Gasteiger partial charge is 0.195 e. The topological polar surface area (TPSA) is 17.1 Å². The van der Waals surface area contributed by atoms with Gasteiger partial charge >= 0.3 is 0 Å². The lowest BCUT2D eigenvalue weighted by Gasteiger charge is -2.04. The van der Waals surface area contributed by atoms with Crippen LogP contribution in [0.3, 0.4) is 0 Å². The lowest BCUT2D eigenvalue weighted by atomic mass is 10.1. The van der Waals surface area contributed by atoms with Gasteiger partial charge in [-0.15, -0.1) is 0 Å². The maximum absolute atomic E-state index is 12.6. The fourth-order valence-corrected chi connectivity index (χ4v) is 1.26. The number of hydrogen-bond acceptors (Lipinski definition) is 1. The maximum atomic E-state index is 12.6. The molecule has 0 aliphatic heterocycles. The summed E-state index contributed by atoms with van der Waals surface area (Å²) < 4.78 is 12.6. The van der Waals surface area contributed by atoms with Crippen LogP contribution in [0.5, 0.6) is 0 Å². The van der Waals surface area contributed by atoms with Gasteiger partial charge in [0, 0.05) is 5.56 Å². The van der Waals surface area contributed by atoms with Crippen LogP contribution >= 0.6 is 23.2 Å². The third-order valence-electron chi connectivity index (χ3n) is 1.65. The highest BCUT2D eigenvalue weighted by Gasteiger charge is 2.16. The Hall–Kier alpha value is -0.600. The Morgan fingerprint density at radius 1 is 1.46 bits per heavy atom. The van der Waals surface area contributed by atoms with Gasteiger partial charge in [-0.1, -0.05) is 23.2 Å². The van der Waals surface area contributed by atoms with Crippen molar-refractivity contribution >= 4 is 29.0 Å². The van der Waals surface area contributed by atoms with Crippen molar-refractivity contribution in [1.82, 2.24) is 0 Å². The van der Waals surface area contributed by atoms with Crippen LogP contribution in [0.15, 0.2) is 18.2 Å². The lowest BCUT2D eigenvalue weighted by Crippen LogP contribution is -2.09. The second-order valence-corrected chi connectivity index (χ2v) is 3.72. The Balaban J connectivity index is 3.09. The molecule has 4 heteroatoms. The molecule has 13 heavy (non-hydrogen) atoms. The zero-order chi connectivity index (χ0) is 10.0. The molecule has 0 aromatic heterocycles. The van der Waals surface area contributed by atoms with E-state index in [1.807, 2.05) is 0 Å². The summed E-state index contributed by atoms with van der Waals surface area (Å²) in [7, 11) is 0. The van der Waals surface area contributed by atoms with Crippen LogP contribution in [0.2, 0.25) is 0 Å². The van der Waals surface area contributed by atoms with E-state index in [-0.39, 0.29) is 5.82 Å². The van der Waals surface area contributed by atoms with Crippen molar-refractivity contribution in [3.05, 3.63) is 35.1 Å². The second kappa shape index (κ2) is 4.07. The second-order valence-electron chi connectivity index (χ2n) is 2.62. The predicted octanol–water partition coefficient (Wildman–Crippen LogP) is 3.12. The van der Waals surface area contributed by atoms with Gasteiger partial charge in [0.25, 0.3) is 0 Å². The molecule has 1 nitrogen and oxygen atoms in total. The zero-order valence-corrected chi connectivity index (χ0v) is 8.36. The van der Waals surface area contributed by atoms with Gasteiger partial charge in [-0.25, -0.2) is 4.39 Å². The third kappa shape index (κ3) is 2.42. The standard InChI is InChI=1S/C9H7Cl2FO/c1-5-4-6(12)2-3-7(5)8(13)9(10)11/h2-4,9H,1H3. The Morgan fingerprint density at radius 2 is 2.08 bits per heavy atom. The first-order chi connectivity index (χ1) is 6.02. The van der Waals surface area contributed by atoms with Gasteiger partial charge in [0.1, 0.15) is 5.82 Å². The molecule has 0 radical (unpaired) electrons. The number of hydrogen-bond donors (Lipinski definition) is 0. The predicted molar refractivity (Wildman–Crippen MR) is 51.0 cm³/mol. The van der Waals surface area contributed by atoms with E-state index in [0.29, 0.717) is 11.1 Å². The Labute approximate surface area is 85.5 Å². The molecule has 70 valence electrons. The number of carbonyl (C=O) groups is 1. The largest absolute Gasteiger partial charge is 0.291 e. The molecule has 0 amide bonds. The van der Waals surface area contributed by atoms with Crippen molar-refractivity contribution in [2.75, 3.05) is 0 Å². The molecule has 0 N–H and O–H groups in total. The van der Waals surface area contributed by atoms with Gasteiger partial charge in [0.05, 0.1) is 0 Å². The van der Waals surface area contributed by atoms with Crippen LogP contribution in [0, 0.1) is 12.7 Å². The average molecular weight is 221 g/mol. The van der Waals surface area contributed by atoms with Crippen LogP contribution < -0.4 is 0 Å². The summed E-state index contributed by atoms with van der Waals surface area (Å²) in [5.74, 6) is -0.782. The van der Waals surface area contributed by atoms with E-state index >= 15 is 0 Å². The lowest BCUT2D eigenvalue weighted by molar-refractivity contribution is 0.101. The molecule has 0 saturated heterocycles. The van der Waals surface area contributed by atoms with Crippen LogP contribution in [-0.4, -0.2) is 10.6 Å². The zero-order valence-electron chi connectivity index (χ0n) is 6.85. The van der Waals surface area contributed by atoms with Crippen LogP contribution in [0.1, 0.15) is 15.9 Å². The number of rotatable bonds is 2. The van der Waals surface area contributed by atoms with E-state index in [4.69, 9.17) is 23.2 Å². The van der Waals surface area contributed by atoms with Crippen molar-refractivity contribution < 1.29 is 9.18 Å². The highest BCUT2D eigenvalue weighted by Crippen LogP contribution is 2.16. The van der Waals surface area contributed by atoms with Gasteiger partial charge in [-0.2, -0.15) is 0 Å². The summed E-state index contributed by atoms with van der Waals surface area (Å²) in [5.41, 5.74) is 0.896. The van der Waals surface area contributed by atoms with E-state index in [9.17, 15) is 9.18 Å². The van der Waals surface area contributed by atoms with E-state index in [2.05, 4.69) is 0 Å². The molecule has 0 aliphatic rings. The SMILES string of the molecule is Cc1cc(F)ccc1C(=O)C(Cl)Cl. The van der Waals surface area contributed by atoms with Gasteiger partial charge in [-0.05, 0) is 30.7 Å². The molecule has 1 rings (SSSR count). The van der Waals surface area contributed by atoms with Crippen molar-refractivity contribution in [2.24, 2.45) is 0 Å². The molecular formula is C9H7Cl2FO. The van der Waals surface area contributed by atoms with Gasteiger partial charge in [0.15, 0.2) is 10.6 Å². The minimum absolute atomic E-state index is 0.358. The van der Waals surface area contributed by atoms with E-state index in [1.54, 1.807) is 6.92 Å². The molecule has 0 fully saturated rings. The van der Waals surface area contributed by atoms with Crippen molar-refractivity contribution in [3.8, 4) is 0 Å². The molecule has 0 unspecified atom stereocenters. The first kappa shape index (κ1) is 10.5. The van der Waals surface area contributed by atoms with Crippen molar-refractivity contribution in [1.29, 1.82) is 0 Å². The molecule has 0 saturated carbocycles. The van der Waals surface area contributed by atoms with Crippen LogP contribution in [0.25, 0.3) is 0 Å². The molecule has 0 bridgehead atoms.